The van der Waals surface area contributed by atoms with Gasteiger partial charge in [-0.15, -0.1) is 0 Å². The molecule has 1 heterocycles. The summed E-state index contributed by atoms with van der Waals surface area (Å²) in [4.78, 5) is 23.4. The summed E-state index contributed by atoms with van der Waals surface area (Å²) in [5.41, 5.74) is 3.33. The fourth-order valence-electron chi connectivity index (χ4n) is 3.69. The van der Waals surface area contributed by atoms with Crippen LogP contribution < -0.4 is 0 Å². The number of ether oxygens (including phenoxy) is 1. The average molecular weight is 329 g/mol. The summed E-state index contributed by atoms with van der Waals surface area (Å²) in [6.07, 6.45) is 6.95. The minimum absolute atomic E-state index is 0.352. The number of fused-ring (bicyclic) bond motifs is 1. The molecule has 0 unspecified atom stereocenters. The van der Waals surface area contributed by atoms with Gasteiger partial charge in [0.15, 0.2) is 6.29 Å². The molecule has 3 rings (SSSR count). The third kappa shape index (κ3) is 3.23. The van der Waals surface area contributed by atoms with E-state index in [1.54, 1.807) is 6.07 Å². The monoisotopic (exact) mass is 329 g/mol. The molecule has 0 N–H and O–H groups in total. The summed E-state index contributed by atoms with van der Waals surface area (Å²) in [5.74, 6) is 0.0941. The zero-order chi connectivity index (χ0) is 17.7. The second-order valence-electron chi connectivity index (χ2n) is 6.03. The van der Waals surface area contributed by atoms with Gasteiger partial charge in [0.05, 0.1) is 18.4 Å². The highest BCUT2D eigenvalue weighted by Gasteiger charge is 2.24. The van der Waals surface area contributed by atoms with Crippen molar-refractivity contribution < 1.29 is 14.3 Å². The summed E-state index contributed by atoms with van der Waals surface area (Å²) in [6, 6.07) is 5.56. The molecule has 0 amide bonds. The topological polar surface area (TPSA) is 48.3 Å². The molecule has 130 valence electrons. The zero-order valence-electron chi connectivity index (χ0n) is 15.1. The third-order valence-corrected chi connectivity index (χ3v) is 4.83. The molecular formula is C20H27NO3. The van der Waals surface area contributed by atoms with Crippen molar-refractivity contribution in [3.63, 3.8) is 0 Å². The van der Waals surface area contributed by atoms with E-state index in [1.165, 1.54) is 26.4 Å². The van der Waals surface area contributed by atoms with Crippen molar-refractivity contribution in [2.45, 2.75) is 51.9 Å². The first-order valence-corrected chi connectivity index (χ1v) is 8.83. The predicted molar refractivity (Wildman–Crippen MR) is 96.8 cm³/mol. The van der Waals surface area contributed by atoms with Gasteiger partial charge in [-0.25, -0.2) is 4.79 Å². The summed E-state index contributed by atoms with van der Waals surface area (Å²) in [6.45, 7) is 4.00. The van der Waals surface area contributed by atoms with E-state index in [9.17, 15) is 9.59 Å². The average Bonchev–Trinajstić information content (AvgIpc) is 2.94. The highest BCUT2D eigenvalue weighted by molar-refractivity contribution is 5.99. The largest absolute Gasteiger partial charge is 0.465 e. The van der Waals surface area contributed by atoms with Crippen LogP contribution in [0.4, 0.5) is 0 Å². The van der Waals surface area contributed by atoms with Crippen molar-refractivity contribution in [3.05, 3.63) is 35.0 Å². The van der Waals surface area contributed by atoms with Crippen LogP contribution in [-0.2, 0) is 11.8 Å². The van der Waals surface area contributed by atoms with Crippen LogP contribution in [0.1, 0.15) is 78.3 Å². The quantitative estimate of drug-likeness (QED) is 0.597. The highest BCUT2D eigenvalue weighted by atomic mass is 16.5. The number of aromatic nitrogens is 1. The van der Waals surface area contributed by atoms with Crippen molar-refractivity contribution in [3.8, 4) is 0 Å². The number of benzene rings is 1. The highest BCUT2D eigenvalue weighted by Crippen LogP contribution is 2.39. The van der Waals surface area contributed by atoms with E-state index in [0.29, 0.717) is 11.5 Å². The number of aryl methyl sites for hydroxylation is 1. The Bertz CT molecular complexity index is 724. The molecule has 1 aromatic carbocycles. The number of nitrogens with zero attached hydrogens (tertiary/aromatic N) is 1. The Hall–Kier alpha value is -2.10. The van der Waals surface area contributed by atoms with Crippen LogP contribution in [0.3, 0.4) is 0 Å². The lowest BCUT2D eigenvalue weighted by molar-refractivity contribution is 0.0601. The summed E-state index contributed by atoms with van der Waals surface area (Å²) >= 11 is 0. The number of carbonyl (C=O) groups excluding carboxylic acids is 2. The molecule has 1 fully saturated rings. The Morgan fingerprint density at radius 2 is 1.88 bits per heavy atom. The molecule has 1 saturated carbocycles. The maximum atomic E-state index is 11.7. The van der Waals surface area contributed by atoms with Gasteiger partial charge in [0, 0.05) is 18.0 Å². The van der Waals surface area contributed by atoms with Crippen molar-refractivity contribution in [2.75, 3.05) is 7.11 Å². The van der Waals surface area contributed by atoms with Crippen molar-refractivity contribution >= 4 is 23.2 Å². The number of aldehydes is 1. The molecule has 24 heavy (non-hydrogen) atoms. The van der Waals surface area contributed by atoms with Gasteiger partial charge in [-0.3, -0.25) is 4.79 Å². The van der Waals surface area contributed by atoms with E-state index in [1.807, 2.05) is 37.6 Å². The molecule has 2 aromatic rings. The smallest absolute Gasteiger partial charge is 0.337 e. The molecule has 0 aliphatic heterocycles. The summed E-state index contributed by atoms with van der Waals surface area (Å²) < 4.78 is 6.69. The number of carbonyl (C=O) groups is 2. The SMILES string of the molecule is CC.COC(=O)c1ccc2c(C3CCCCC3)c(C=O)n(C)c2c1. The van der Waals surface area contributed by atoms with E-state index < -0.39 is 0 Å². The van der Waals surface area contributed by atoms with Crippen LogP contribution in [0.5, 0.6) is 0 Å². The standard InChI is InChI=1S/C18H21NO3.C2H6/c1-19-15-10-13(18(21)22-2)8-9-14(15)17(16(19)11-20)12-6-4-3-5-7-12;1-2/h8-12H,3-7H2,1-2H3;1-2H3. The number of hydrogen-bond donors (Lipinski definition) is 0. The van der Waals surface area contributed by atoms with Crippen LogP contribution >= 0.6 is 0 Å². The van der Waals surface area contributed by atoms with E-state index in [4.69, 9.17) is 4.74 Å². The number of esters is 1. The molecule has 1 aliphatic rings. The van der Waals surface area contributed by atoms with Crippen molar-refractivity contribution in [1.29, 1.82) is 0 Å². The Kier molecular flexibility index (Phi) is 6.18. The van der Waals surface area contributed by atoms with Gasteiger partial charge in [0.25, 0.3) is 0 Å². The minimum atomic E-state index is -0.352. The maximum Gasteiger partial charge on any atom is 0.337 e. The third-order valence-electron chi connectivity index (χ3n) is 4.83. The molecule has 0 radical (unpaired) electrons. The van der Waals surface area contributed by atoms with Gasteiger partial charge in [-0.1, -0.05) is 39.2 Å². The molecule has 1 aliphatic carbocycles. The predicted octanol–water partition coefficient (Wildman–Crippen LogP) is 4.85. The maximum absolute atomic E-state index is 11.7. The van der Waals surface area contributed by atoms with E-state index >= 15 is 0 Å². The second-order valence-corrected chi connectivity index (χ2v) is 6.03. The molecule has 0 spiro atoms. The number of rotatable bonds is 3. The molecule has 1 aromatic heterocycles. The lowest BCUT2D eigenvalue weighted by Crippen LogP contribution is -2.07. The van der Waals surface area contributed by atoms with Gasteiger partial charge < -0.3 is 9.30 Å². The molecule has 4 heteroatoms. The lowest BCUT2D eigenvalue weighted by atomic mass is 9.82. The molecule has 0 saturated heterocycles. The molecule has 4 nitrogen and oxygen atoms in total. The fraction of sp³-hybridized carbons (Fsp3) is 0.500. The van der Waals surface area contributed by atoms with Crippen molar-refractivity contribution in [2.24, 2.45) is 7.05 Å². The Balaban J connectivity index is 0.00000100. The van der Waals surface area contributed by atoms with Gasteiger partial charge in [0.2, 0.25) is 0 Å². The zero-order valence-corrected chi connectivity index (χ0v) is 15.1. The molecule has 0 atom stereocenters. The summed E-state index contributed by atoms with van der Waals surface area (Å²) in [7, 11) is 3.27. The Morgan fingerprint density at radius 3 is 2.46 bits per heavy atom. The van der Waals surface area contributed by atoms with E-state index in [0.717, 1.165) is 41.3 Å². The fourth-order valence-corrected chi connectivity index (χ4v) is 3.69. The number of hydrogen-bond acceptors (Lipinski definition) is 3. The van der Waals surface area contributed by atoms with E-state index in [2.05, 4.69) is 0 Å². The van der Waals surface area contributed by atoms with Gasteiger partial charge >= 0.3 is 5.97 Å². The second kappa shape index (κ2) is 8.13. The number of methoxy groups -OCH3 is 1. The van der Waals surface area contributed by atoms with Crippen LogP contribution in [0.2, 0.25) is 0 Å². The Morgan fingerprint density at radius 1 is 1.21 bits per heavy atom. The van der Waals surface area contributed by atoms with E-state index in [-0.39, 0.29) is 5.97 Å². The molecular weight excluding hydrogens is 302 g/mol. The first kappa shape index (κ1) is 18.2. The Labute approximate surface area is 143 Å². The van der Waals surface area contributed by atoms with Crippen LogP contribution in [-0.4, -0.2) is 23.9 Å². The van der Waals surface area contributed by atoms with Gasteiger partial charge in [-0.05, 0) is 36.5 Å². The van der Waals surface area contributed by atoms with Gasteiger partial charge in [0.1, 0.15) is 0 Å². The van der Waals surface area contributed by atoms with Crippen LogP contribution in [0.25, 0.3) is 10.9 Å². The first-order valence-electron chi connectivity index (χ1n) is 8.83. The molecule has 0 bridgehead atoms. The lowest BCUT2D eigenvalue weighted by Gasteiger charge is -2.22. The minimum Gasteiger partial charge on any atom is -0.465 e. The first-order chi connectivity index (χ1) is 11.7. The summed E-state index contributed by atoms with van der Waals surface area (Å²) in [5, 5.41) is 1.09. The van der Waals surface area contributed by atoms with Gasteiger partial charge in [-0.2, -0.15) is 0 Å². The van der Waals surface area contributed by atoms with Crippen LogP contribution in [0.15, 0.2) is 18.2 Å². The van der Waals surface area contributed by atoms with Crippen LogP contribution in [0, 0.1) is 0 Å². The van der Waals surface area contributed by atoms with Crippen molar-refractivity contribution in [1.82, 2.24) is 4.57 Å². The normalized spacial score (nSPS) is 14.8.